The molecule has 0 aliphatic heterocycles. The fraction of sp³-hybridized carbons (Fsp3) is 0.235. The Morgan fingerprint density at radius 3 is 2.02 bits per heavy atom. The first-order valence-corrected chi connectivity index (χ1v) is 17.3. The summed E-state index contributed by atoms with van der Waals surface area (Å²) in [5, 5.41) is 3.00. The number of nitrogens with one attached hydrogen (secondary N) is 1. The van der Waals surface area contributed by atoms with Crippen molar-refractivity contribution in [2.45, 2.75) is 37.8 Å². The van der Waals surface area contributed by atoms with E-state index >= 15 is 0 Å². The highest BCUT2D eigenvalue weighted by molar-refractivity contribution is 9.10. The van der Waals surface area contributed by atoms with Crippen molar-refractivity contribution in [1.29, 1.82) is 0 Å². The highest BCUT2D eigenvalue weighted by Crippen LogP contribution is 2.27. The second kappa shape index (κ2) is 15.5. The fourth-order valence-electron chi connectivity index (χ4n) is 4.64. The molecule has 0 heterocycles. The molecule has 0 fully saturated rings. The molecule has 4 aromatic carbocycles. The van der Waals surface area contributed by atoms with Gasteiger partial charge in [0, 0.05) is 28.5 Å². The van der Waals surface area contributed by atoms with E-state index in [4.69, 9.17) is 0 Å². The minimum atomic E-state index is -4.15. The number of amides is 2. The van der Waals surface area contributed by atoms with Gasteiger partial charge >= 0.3 is 0 Å². The summed E-state index contributed by atoms with van der Waals surface area (Å²) in [5.41, 5.74) is 2.01. The molecule has 44 heavy (non-hydrogen) atoms. The standard InChI is InChI=1S/C34H35Br2N3O4S/c1-25(2)22-37-34(41)32(20-26-10-5-3-6-11-26)38(23-27-16-18-28(35)19-17-27)33(40)24-39(30-13-9-12-29(36)21-30)44(42,43)31-14-7-4-8-15-31/h3-19,21,25,32H,20,22-24H2,1-2H3,(H,37,41)/t32-/m0/s1. The third-order valence-corrected chi connectivity index (χ3v) is 9.74. The van der Waals surface area contributed by atoms with E-state index in [1.807, 2.05) is 68.4 Å². The Balaban J connectivity index is 1.79. The van der Waals surface area contributed by atoms with Crippen LogP contribution in [0.2, 0.25) is 0 Å². The molecular weight excluding hydrogens is 706 g/mol. The van der Waals surface area contributed by atoms with Crippen LogP contribution in [0.15, 0.2) is 123 Å². The van der Waals surface area contributed by atoms with Gasteiger partial charge in [0.2, 0.25) is 11.8 Å². The average Bonchev–Trinajstić information content (AvgIpc) is 3.02. The first kappa shape index (κ1) is 33.4. The van der Waals surface area contributed by atoms with Crippen LogP contribution in [0.3, 0.4) is 0 Å². The van der Waals surface area contributed by atoms with Gasteiger partial charge in [0.1, 0.15) is 12.6 Å². The molecule has 7 nitrogen and oxygen atoms in total. The summed E-state index contributed by atoms with van der Waals surface area (Å²) in [6.45, 7) is 4.05. The Morgan fingerprint density at radius 1 is 0.773 bits per heavy atom. The molecule has 2 amide bonds. The van der Waals surface area contributed by atoms with Gasteiger partial charge in [0.15, 0.2) is 0 Å². The Labute approximate surface area is 276 Å². The highest BCUT2D eigenvalue weighted by atomic mass is 79.9. The van der Waals surface area contributed by atoms with Crippen LogP contribution in [0.5, 0.6) is 0 Å². The number of sulfonamides is 1. The third kappa shape index (κ3) is 9.03. The maximum Gasteiger partial charge on any atom is 0.264 e. The summed E-state index contributed by atoms with van der Waals surface area (Å²) in [5.74, 6) is -0.601. The van der Waals surface area contributed by atoms with E-state index in [9.17, 15) is 18.0 Å². The van der Waals surface area contributed by atoms with Crippen LogP contribution < -0.4 is 9.62 Å². The lowest BCUT2D eigenvalue weighted by Gasteiger charge is -2.34. The predicted octanol–water partition coefficient (Wildman–Crippen LogP) is 6.82. The smallest absolute Gasteiger partial charge is 0.264 e. The fourth-order valence-corrected chi connectivity index (χ4v) is 6.72. The molecule has 0 aromatic heterocycles. The Kier molecular flexibility index (Phi) is 11.8. The molecule has 10 heteroatoms. The van der Waals surface area contributed by atoms with Gasteiger partial charge in [-0.1, -0.05) is 112 Å². The van der Waals surface area contributed by atoms with E-state index in [0.29, 0.717) is 16.7 Å². The van der Waals surface area contributed by atoms with Crippen molar-refractivity contribution in [3.05, 3.63) is 129 Å². The maximum absolute atomic E-state index is 14.5. The summed E-state index contributed by atoms with van der Waals surface area (Å²) in [6, 6.07) is 30.9. The second-order valence-corrected chi connectivity index (χ2v) is 14.5. The normalized spacial score (nSPS) is 12.0. The van der Waals surface area contributed by atoms with E-state index in [0.717, 1.165) is 19.9 Å². The molecule has 0 saturated carbocycles. The van der Waals surface area contributed by atoms with Gasteiger partial charge in [-0.3, -0.25) is 13.9 Å². The topological polar surface area (TPSA) is 86.8 Å². The van der Waals surface area contributed by atoms with Gasteiger partial charge < -0.3 is 10.2 Å². The lowest BCUT2D eigenvalue weighted by atomic mass is 10.0. The molecule has 230 valence electrons. The summed E-state index contributed by atoms with van der Waals surface area (Å²) in [6.07, 6.45) is 0.259. The molecule has 1 N–H and O–H groups in total. The number of hydrogen-bond acceptors (Lipinski definition) is 4. The third-order valence-electron chi connectivity index (χ3n) is 6.93. The molecule has 0 bridgehead atoms. The number of halogens is 2. The first-order chi connectivity index (χ1) is 21.0. The van der Waals surface area contributed by atoms with Crippen LogP contribution >= 0.6 is 31.9 Å². The second-order valence-electron chi connectivity index (χ2n) is 10.8. The minimum absolute atomic E-state index is 0.0581. The maximum atomic E-state index is 14.5. The van der Waals surface area contributed by atoms with E-state index in [1.165, 1.54) is 17.0 Å². The predicted molar refractivity (Wildman–Crippen MR) is 182 cm³/mol. The summed E-state index contributed by atoms with van der Waals surface area (Å²) < 4.78 is 30.7. The molecule has 0 radical (unpaired) electrons. The van der Waals surface area contributed by atoms with Gasteiger partial charge in [-0.2, -0.15) is 0 Å². The van der Waals surface area contributed by atoms with Crippen molar-refractivity contribution in [1.82, 2.24) is 10.2 Å². The van der Waals surface area contributed by atoms with Crippen molar-refractivity contribution in [2.75, 3.05) is 17.4 Å². The van der Waals surface area contributed by atoms with Crippen LogP contribution in [0.4, 0.5) is 5.69 Å². The molecule has 0 spiro atoms. The number of hydrogen-bond donors (Lipinski definition) is 1. The SMILES string of the molecule is CC(C)CNC(=O)[C@H](Cc1ccccc1)N(Cc1ccc(Br)cc1)C(=O)CN(c1cccc(Br)c1)S(=O)(=O)c1ccccc1. The molecule has 0 saturated heterocycles. The van der Waals surface area contributed by atoms with Gasteiger partial charge in [-0.05, 0) is 59.5 Å². The monoisotopic (exact) mass is 739 g/mol. The Bertz CT molecular complexity index is 1650. The van der Waals surface area contributed by atoms with E-state index < -0.39 is 28.5 Å². The Morgan fingerprint density at radius 2 is 1.41 bits per heavy atom. The highest BCUT2D eigenvalue weighted by Gasteiger charge is 2.34. The minimum Gasteiger partial charge on any atom is -0.354 e. The summed E-state index contributed by atoms with van der Waals surface area (Å²) in [7, 11) is -4.15. The van der Waals surface area contributed by atoms with Crippen molar-refractivity contribution in [3.63, 3.8) is 0 Å². The van der Waals surface area contributed by atoms with Gasteiger partial charge in [0.25, 0.3) is 10.0 Å². The number of rotatable bonds is 13. The van der Waals surface area contributed by atoms with Crippen molar-refractivity contribution in [3.8, 4) is 0 Å². The molecule has 1 atom stereocenters. The van der Waals surface area contributed by atoms with Gasteiger partial charge in [-0.15, -0.1) is 0 Å². The van der Waals surface area contributed by atoms with Crippen LogP contribution in [-0.2, 0) is 32.6 Å². The number of anilines is 1. The van der Waals surface area contributed by atoms with Crippen molar-refractivity contribution < 1.29 is 18.0 Å². The van der Waals surface area contributed by atoms with Crippen molar-refractivity contribution in [2.24, 2.45) is 5.92 Å². The number of carbonyl (C=O) groups excluding carboxylic acids is 2. The number of nitrogens with zero attached hydrogens (tertiary/aromatic N) is 2. The first-order valence-electron chi connectivity index (χ1n) is 14.2. The van der Waals surface area contributed by atoms with Crippen LogP contribution in [0, 0.1) is 5.92 Å². The van der Waals surface area contributed by atoms with Gasteiger partial charge in [-0.25, -0.2) is 8.42 Å². The summed E-state index contributed by atoms with van der Waals surface area (Å²) in [4.78, 5) is 29.8. The van der Waals surface area contributed by atoms with E-state index in [1.54, 1.807) is 42.5 Å². The van der Waals surface area contributed by atoms with Crippen molar-refractivity contribution >= 4 is 59.4 Å². The zero-order valence-electron chi connectivity index (χ0n) is 24.6. The quantitative estimate of drug-likeness (QED) is 0.163. The number of carbonyl (C=O) groups is 2. The largest absolute Gasteiger partial charge is 0.354 e. The molecule has 4 rings (SSSR count). The molecule has 4 aromatic rings. The van der Waals surface area contributed by atoms with Crippen LogP contribution in [-0.4, -0.2) is 44.3 Å². The lowest BCUT2D eigenvalue weighted by molar-refractivity contribution is -0.140. The van der Waals surface area contributed by atoms with Gasteiger partial charge in [0.05, 0.1) is 10.6 Å². The van der Waals surface area contributed by atoms with Crippen LogP contribution in [0.25, 0.3) is 0 Å². The number of benzene rings is 4. The molecule has 0 aliphatic rings. The van der Waals surface area contributed by atoms with E-state index in [2.05, 4.69) is 37.2 Å². The summed E-state index contributed by atoms with van der Waals surface area (Å²) >= 11 is 6.89. The van der Waals surface area contributed by atoms with Crippen LogP contribution in [0.1, 0.15) is 25.0 Å². The molecule has 0 aliphatic carbocycles. The lowest BCUT2D eigenvalue weighted by Crippen LogP contribution is -2.53. The molecule has 0 unspecified atom stereocenters. The van der Waals surface area contributed by atoms with E-state index in [-0.39, 0.29) is 29.7 Å². The zero-order valence-corrected chi connectivity index (χ0v) is 28.6. The zero-order chi connectivity index (χ0) is 31.7. The molecular formula is C34H35Br2N3O4S. The Hall–Kier alpha value is -3.47. The average molecular weight is 742 g/mol.